The first-order chi connectivity index (χ1) is 8.20. The molecule has 3 heteroatoms. The van der Waals surface area contributed by atoms with Crippen LogP contribution in [0.4, 0.5) is 0 Å². The Morgan fingerprint density at radius 1 is 1.06 bits per heavy atom. The topological polar surface area (TPSA) is 63.3 Å². The molecule has 0 aliphatic heterocycles. The normalized spacial score (nSPS) is 12.6. The number of aliphatic hydroxyl groups excluding tert-OH is 1. The standard InChI is InChI=1S/C14H29NO2/c1-2-3-9-13(12-16)10-7-5-4-6-8-11-14(15)17/h13,16H,2-12H2,1H3,(H2,15,17). The summed E-state index contributed by atoms with van der Waals surface area (Å²) in [4.78, 5) is 10.5. The maximum atomic E-state index is 10.5. The van der Waals surface area contributed by atoms with E-state index in [1.54, 1.807) is 0 Å². The van der Waals surface area contributed by atoms with Crippen LogP contribution in [-0.4, -0.2) is 17.6 Å². The van der Waals surface area contributed by atoms with Crippen molar-refractivity contribution in [1.82, 2.24) is 0 Å². The number of rotatable bonds is 12. The summed E-state index contributed by atoms with van der Waals surface area (Å²) < 4.78 is 0. The molecule has 0 aromatic carbocycles. The van der Waals surface area contributed by atoms with E-state index < -0.39 is 0 Å². The van der Waals surface area contributed by atoms with Crippen LogP contribution in [0.15, 0.2) is 0 Å². The number of unbranched alkanes of at least 4 members (excludes halogenated alkanes) is 5. The van der Waals surface area contributed by atoms with Crippen LogP contribution in [-0.2, 0) is 4.79 Å². The Morgan fingerprint density at radius 2 is 1.65 bits per heavy atom. The summed E-state index contributed by atoms with van der Waals surface area (Å²) in [5.41, 5.74) is 5.07. The molecule has 0 aromatic heterocycles. The maximum Gasteiger partial charge on any atom is 0.217 e. The molecular weight excluding hydrogens is 214 g/mol. The van der Waals surface area contributed by atoms with Crippen LogP contribution in [0.25, 0.3) is 0 Å². The lowest BCUT2D eigenvalue weighted by molar-refractivity contribution is -0.118. The number of aliphatic hydroxyl groups is 1. The predicted octanol–water partition coefficient (Wildman–Crippen LogP) is 3.00. The fourth-order valence-corrected chi connectivity index (χ4v) is 2.08. The van der Waals surface area contributed by atoms with Gasteiger partial charge in [-0.1, -0.05) is 45.4 Å². The summed E-state index contributed by atoms with van der Waals surface area (Å²) in [5.74, 6) is 0.311. The average Bonchev–Trinajstić information content (AvgIpc) is 2.31. The Kier molecular flexibility index (Phi) is 11.5. The Labute approximate surface area is 106 Å². The number of amides is 1. The van der Waals surface area contributed by atoms with Crippen LogP contribution in [0.5, 0.6) is 0 Å². The van der Waals surface area contributed by atoms with Gasteiger partial charge >= 0.3 is 0 Å². The van der Waals surface area contributed by atoms with Crippen LogP contribution < -0.4 is 5.73 Å². The third kappa shape index (κ3) is 11.7. The van der Waals surface area contributed by atoms with Crippen molar-refractivity contribution >= 4 is 5.91 Å². The molecule has 0 aromatic rings. The summed E-state index contributed by atoms with van der Waals surface area (Å²) >= 11 is 0. The van der Waals surface area contributed by atoms with Crippen molar-refractivity contribution in [3.8, 4) is 0 Å². The van der Waals surface area contributed by atoms with E-state index >= 15 is 0 Å². The van der Waals surface area contributed by atoms with Crippen molar-refractivity contribution in [3.05, 3.63) is 0 Å². The minimum Gasteiger partial charge on any atom is -0.396 e. The number of nitrogens with two attached hydrogens (primary N) is 1. The molecule has 0 radical (unpaired) electrons. The summed E-state index contributed by atoms with van der Waals surface area (Å²) in [5, 5.41) is 9.20. The van der Waals surface area contributed by atoms with Gasteiger partial charge in [0, 0.05) is 13.0 Å². The zero-order chi connectivity index (χ0) is 12.9. The van der Waals surface area contributed by atoms with E-state index in [4.69, 9.17) is 5.73 Å². The molecule has 0 saturated carbocycles. The molecule has 3 N–H and O–H groups in total. The lowest BCUT2D eigenvalue weighted by Crippen LogP contribution is -2.09. The molecule has 3 nitrogen and oxygen atoms in total. The van der Waals surface area contributed by atoms with Gasteiger partial charge in [0.1, 0.15) is 0 Å². The Bertz CT molecular complexity index is 183. The molecule has 0 aliphatic rings. The van der Waals surface area contributed by atoms with E-state index in [-0.39, 0.29) is 5.91 Å². The zero-order valence-corrected chi connectivity index (χ0v) is 11.3. The second-order valence-corrected chi connectivity index (χ2v) is 4.96. The minimum absolute atomic E-state index is 0.190. The Balaban J connectivity index is 3.27. The van der Waals surface area contributed by atoms with Crippen LogP contribution >= 0.6 is 0 Å². The SMILES string of the molecule is CCCCC(CO)CCCCCCCC(N)=O. The number of carbonyl (C=O) groups is 1. The van der Waals surface area contributed by atoms with Gasteiger partial charge in [-0.05, 0) is 25.2 Å². The molecule has 17 heavy (non-hydrogen) atoms. The minimum atomic E-state index is -0.190. The molecule has 1 unspecified atom stereocenters. The van der Waals surface area contributed by atoms with E-state index in [9.17, 15) is 9.90 Å². The van der Waals surface area contributed by atoms with E-state index in [1.165, 1.54) is 32.1 Å². The third-order valence-electron chi connectivity index (χ3n) is 3.26. The third-order valence-corrected chi connectivity index (χ3v) is 3.26. The molecule has 102 valence electrons. The van der Waals surface area contributed by atoms with Crippen molar-refractivity contribution < 1.29 is 9.90 Å². The number of hydrogen-bond acceptors (Lipinski definition) is 2. The van der Waals surface area contributed by atoms with Crippen molar-refractivity contribution in [2.45, 2.75) is 71.1 Å². The smallest absolute Gasteiger partial charge is 0.217 e. The lowest BCUT2D eigenvalue weighted by Gasteiger charge is -2.12. The van der Waals surface area contributed by atoms with Gasteiger partial charge in [-0.2, -0.15) is 0 Å². The highest BCUT2D eigenvalue weighted by Gasteiger charge is 2.06. The van der Waals surface area contributed by atoms with Gasteiger partial charge in [-0.25, -0.2) is 0 Å². The van der Waals surface area contributed by atoms with E-state index in [0.717, 1.165) is 25.7 Å². The largest absolute Gasteiger partial charge is 0.396 e. The Morgan fingerprint density at radius 3 is 2.24 bits per heavy atom. The van der Waals surface area contributed by atoms with Gasteiger partial charge in [0.25, 0.3) is 0 Å². The number of carbonyl (C=O) groups excluding carboxylic acids is 1. The number of hydrogen-bond donors (Lipinski definition) is 2. The second-order valence-electron chi connectivity index (χ2n) is 4.96. The lowest BCUT2D eigenvalue weighted by atomic mass is 9.96. The molecule has 0 spiro atoms. The van der Waals surface area contributed by atoms with Crippen molar-refractivity contribution in [2.75, 3.05) is 6.61 Å². The summed E-state index contributed by atoms with van der Waals surface area (Å²) in [6.45, 7) is 2.52. The van der Waals surface area contributed by atoms with Gasteiger partial charge in [0.2, 0.25) is 5.91 Å². The quantitative estimate of drug-likeness (QED) is 0.518. The van der Waals surface area contributed by atoms with Crippen molar-refractivity contribution in [3.63, 3.8) is 0 Å². The van der Waals surface area contributed by atoms with Gasteiger partial charge in [-0.15, -0.1) is 0 Å². The monoisotopic (exact) mass is 243 g/mol. The second kappa shape index (κ2) is 11.9. The summed E-state index contributed by atoms with van der Waals surface area (Å²) in [6, 6.07) is 0. The first-order valence-electron chi connectivity index (χ1n) is 7.09. The molecule has 0 heterocycles. The van der Waals surface area contributed by atoms with Crippen LogP contribution in [0.2, 0.25) is 0 Å². The highest BCUT2D eigenvalue weighted by Crippen LogP contribution is 2.17. The van der Waals surface area contributed by atoms with Gasteiger partial charge in [0.15, 0.2) is 0 Å². The van der Waals surface area contributed by atoms with Crippen molar-refractivity contribution in [1.29, 1.82) is 0 Å². The fourth-order valence-electron chi connectivity index (χ4n) is 2.08. The highest BCUT2D eigenvalue weighted by molar-refractivity contribution is 5.73. The van der Waals surface area contributed by atoms with Gasteiger partial charge in [0.05, 0.1) is 0 Å². The Hall–Kier alpha value is -0.570. The predicted molar refractivity (Wildman–Crippen MR) is 71.6 cm³/mol. The van der Waals surface area contributed by atoms with Gasteiger partial charge < -0.3 is 10.8 Å². The van der Waals surface area contributed by atoms with E-state index in [2.05, 4.69) is 6.92 Å². The molecule has 0 aliphatic carbocycles. The average molecular weight is 243 g/mol. The molecular formula is C14H29NO2. The van der Waals surface area contributed by atoms with Crippen LogP contribution in [0.1, 0.15) is 71.1 Å². The van der Waals surface area contributed by atoms with Crippen LogP contribution in [0, 0.1) is 5.92 Å². The van der Waals surface area contributed by atoms with Gasteiger partial charge in [-0.3, -0.25) is 4.79 Å². The molecule has 1 atom stereocenters. The first-order valence-corrected chi connectivity index (χ1v) is 7.09. The van der Waals surface area contributed by atoms with E-state index in [1.807, 2.05) is 0 Å². The number of primary amides is 1. The zero-order valence-electron chi connectivity index (χ0n) is 11.3. The molecule has 0 rings (SSSR count). The maximum absolute atomic E-state index is 10.5. The van der Waals surface area contributed by atoms with Crippen LogP contribution in [0.3, 0.4) is 0 Å². The molecule has 0 saturated heterocycles. The van der Waals surface area contributed by atoms with E-state index in [0.29, 0.717) is 18.9 Å². The summed E-state index contributed by atoms with van der Waals surface area (Å²) in [7, 11) is 0. The molecule has 0 fully saturated rings. The molecule has 1 amide bonds. The first kappa shape index (κ1) is 16.4. The highest BCUT2D eigenvalue weighted by atomic mass is 16.3. The van der Waals surface area contributed by atoms with Crippen molar-refractivity contribution in [2.24, 2.45) is 11.7 Å². The molecule has 0 bridgehead atoms. The fraction of sp³-hybridized carbons (Fsp3) is 0.929. The summed E-state index contributed by atoms with van der Waals surface area (Å²) in [6.07, 6.45) is 10.9.